The lowest BCUT2D eigenvalue weighted by Crippen LogP contribution is -2.25. The molecule has 2 aromatic heterocycles. The van der Waals surface area contributed by atoms with Crippen LogP contribution in [0.4, 0.5) is 5.95 Å². The van der Waals surface area contributed by atoms with E-state index >= 15 is 0 Å². The number of halogens is 2. The Balaban J connectivity index is 2.00. The van der Waals surface area contributed by atoms with Crippen molar-refractivity contribution in [2.75, 3.05) is 17.3 Å². The first kappa shape index (κ1) is 11.7. The van der Waals surface area contributed by atoms with Crippen LogP contribution < -0.4 is 4.90 Å². The molecule has 94 valence electrons. The van der Waals surface area contributed by atoms with Gasteiger partial charge in [0.2, 0.25) is 5.91 Å². The van der Waals surface area contributed by atoms with E-state index in [1.54, 1.807) is 27.7 Å². The van der Waals surface area contributed by atoms with Gasteiger partial charge < -0.3 is 0 Å². The zero-order chi connectivity index (χ0) is 12.7. The molecule has 1 aliphatic heterocycles. The van der Waals surface area contributed by atoms with Gasteiger partial charge in [-0.3, -0.25) is 9.69 Å². The minimum atomic E-state index is 0.00711. The van der Waals surface area contributed by atoms with Gasteiger partial charge >= 0.3 is 0 Å². The summed E-state index contributed by atoms with van der Waals surface area (Å²) in [6.45, 7) is 0.566. The SMILES string of the molecule is O=C1CC(CCl)CN1c1nc2c(Cl)cccn2n1. The molecule has 0 saturated carbocycles. The van der Waals surface area contributed by atoms with Gasteiger partial charge in [0, 0.05) is 25.0 Å². The van der Waals surface area contributed by atoms with E-state index < -0.39 is 0 Å². The average Bonchev–Trinajstić information content (AvgIpc) is 2.93. The Kier molecular flexibility index (Phi) is 2.87. The number of carbonyl (C=O) groups excluding carboxylic acids is 1. The monoisotopic (exact) mass is 284 g/mol. The maximum Gasteiger partial charge on any atom is 0.252 e. The van der Waals surface area contributed by atoms with E-state index in [9.17, 15) is 4.79 Å². The third-order valence-corrected chi connectivity index (χ3v) is 3.70. The first-order chi connectivity index (χ1) is 8.69. The van der Waals surface area contributed by atoms with Crippen molar-refractivity contribution in [3.05, 3.63) is 23.4 Å². The predicted molar refractivity (Wildman–Crippen MR) is 69.2 cm³/mol. The van der Waals surface area contributed by atoms with Gasteiger partial charge in [0.1, 0.15) is 0 Å². The summed E-state index contributed by atoms with van der Waals surface area (Å²) in [5.74, 6) is 1.03. The molecule has 0 aliphatic carbocycles. The molecule has 0 aromatic carbocycles. The molecular formula is C11H10Cl2N4O. The molecule has 1 fully saturated rings. The van der Waals surface area contributed by atoms with Crippen molar-refractivity contribution in [3.8, 4) is 0 Å². The van der Waals surface area contributed by atoms with Gasteiger partial charge in [-0.2, -0.15) is 4.98 Å². The van der Waals surface area contributed by atoms with Gasteiger partial charge in [-0.15, -0.1) is 16.7 Å². The topological polar surface area (TPSA) is 50.5 Å². The fraction of sp³-hybridized carbons (Fsp3) is 0.364. The second kappa shape index (κ2) is 4.40. The number of fused-ring (bicyclic) bond motifs is 1. The molecule has 1 atom stereocenters. The summed E-state index contributed by atoms with van der Waals surface area (Å²) in [5.41, 5.74) is 0.552. The Bertz CT molecular complexity index is 612. The molecule has 1 saturated heterocycles. The first-order valence-electron chi connectivity index (χ1n) is 5.56. The van der Waals surface area contributed by atoms with Crippen molar-refractivity contribution in [1.82, 2.24) is 14.6 Å². The molecule has 3 heterocycles. The highest BCUT2D eigenvalue weighted by atomic mass is 35.5. The quantitative estimate of drug-likeness (QED) is 0.793. The maximum atomic E-state index is 11.9. The number of hydrogen-bond donors (Lipinski definition) is 0. The molecule has 2 aromatic rings. The van der Waals surface area contributed by atoms with Crippen LogP contribution in [0.25, 0.3) is 5.65 Å². The Labute approximate surface area is 113 Å². The molecular weight excluding hydrogens is 275 g/mol. The van der Waals surface area contributed by atoms with Gasteiger partial charge in [0.25, 0.3) is 5.95 Å². The molecule has 18 heavy (non-hydrogen) atoms. The summed E-state index contributed by atoms with van der Waals surface area (Å²) in [7, 11) is 0. The average molecular weight is 285 g/mol. The van der Waals surface area contributed by atoms with Crippen molar-refractivity contribution in [2.24, 2.45) is 5.92 Å². The molecule has 3 rings (SSSR count). The van der Waals surface area contributed by atoms with E-state index in [0.29, 0.717) is 35.5 Å². The van der Waals surface area contributed by atoms with E-state index in [2.05, 4.69) is 10.1 Å². The Morgan fingerprint density at radius 2 is 2.33 bits per heavy atom. The third kappa shape index (κ3) is 1.83. The second-order valence-corrected chi connectivity index (χ2v) is 4.98. The summed E-state index contributed by atoms with van der Waals surface area (Å²) < 4.78 is 1.57. The minimum Gasteiger partial charge on any atom is -0.279 e. The van der Waals surface area contributed by atoms with Crippen molar-refractivity contribution in [3.63, 3.8) is 0 Å². The fourth-order valence-electron chi connectivity index (χ4n) is 2.05. The maximum absolute atomic E-state index is 11.9. The van der Waals surface area contributed by atoms with Gasteiger partial charge in [0.15, 0.2) is 5.65 Å². The van der Waals surface area contributed by atoms with E-state index in [4.69, 9.17) is 23.2 Å². The van der Waals surface area contributed by atoms with Gasteiger partial charge in [0.05, 0.1) is 5.02 Å². The number of carbonyl (C=O) groups is 1. The molecule has 1 unspecified atom stereocenters. The van der Waals surface area contributed by atoms with Crippen LogP contribution >= 0.6 is 23.2 Å². The zero-order valence-electron chi connectivity index (χ0n) is 9.38. The third-order valence-electron chi connectivity index (χ3n) is 2.97. The normalized spacial score (nSPS) is 20.0. The highest BCUT2D eigenvalue weighted by Gasteiger charge is 2.32. The van der Waals surface area contributed by atoms with Crippen molar-refractivity contribution in [1.29, 1.82) is 0 Å². The van der Waals surface area contributed by atoms with E-state index in [0.717, 1.165) is 0 Å². The fourth-order valence-corrected chi connectivity index (χ4v) is 2.46. The van der Waals surface area contributed by atoms with E-state index in [1.165, 1.54) is 0 Å². The minimum absolute atomic E-state index is 0.00711. The molecule has 5 nitrogen and oxygen atoms in total. The van der Waals surface area contributed by atoms with Gasteiger partial charge in [-0.05, 0) is 18.1 Å². The number of amides is 1. The number of rotatable bonds is 2. The highest BCUT2D eigenvalue weighted by Crippen LogP contribution is 2.25. The van der Waals surface area contributed by atoms with E-state index in [1.807, 2.05) is 0 Å². The van der Waals surface area contributed by atoms with Crippen LogP contribution in [-0.4, -0.2) is 32.9 Å². The molecule has 7 heteroatoms. The van der Waals surface area contributed by atoms with Crippen LogP contribution in [0, 0.1) is 5.92 Å². The molecule has 1 aliphatic rings. The number of nitrogens with zero attached hydrogens (tertiary/aromatic N) is 4. The lowest BCUT2D eigenvalue weighted by atomic mass is 10.2. The summed E-state index contributed by atoms with van der Waals surface area (Å²) in [6.07, 6.45) is 2.20. The van der Waals surface area contributed by atoms with Gasteiger partial charge in [-0.25, -0.2) is 4.52 Å². The van der Waals surface area contributed by atoms with Crippen molar-refractivity contribution in [2.45, 2.75) is 6.42 Å². The summed E-state index contributed by atoms with van der Waals surface area (Å²) in [6, 6.07) is 3.52. The van der Waals surface area contributed by atoms with E-state index in [-0.39, 0.29) is 11.8 Å². The summed E-state index contributed by atoms with van der Waals surface area (Å²) in [4.78, 5) is 17.7. The van der Waals surface area contributed by atoms with Crippen LogP contribution in [0.2, 0.25) is 5.02 Å². The molecule has 0 radical (unpaired) electrons. The van der Waals surface area contributed by atoms with Crippen LogP contribution in [0.3, 0.4) is 0 Å². The molecule has 1 amide bonds. The standard InChI is InChI=1S/C11H10Cl2N4O/c12-5-7-4-9(18)16(6-7)11-14-10-8(13)2-1-3-17(10)15-11/h1-3,7H,4-6H2. The predicted octanol–water partition coefficient (Wildman–Crippen LogP) is 1.97. The first-order valence-corrected chi connectivity index (χ1v) is 6.47. The summed E-state index contributed by atoms with van der Waals surface area (Å²) in [5, 5.41) is 4.77. The van der Waals surface area contributed by atoms with Crippen LogP contribution in [-0.2, 0) is 4.79 Å². The Morgan fingerprint density at radius 3 is 3.00 bits per heavy atom. The van der Waals surface area contributed by atoms with Gasteiger partial charge in [-0.1, -0.05) is 11.6 Å². The summed E-state index contributed by atoms with van der Waals surface area (Å²) >= 11 is 11.8. The largest absolute Gasteiger partial charge is 0.279 e. The van der Waals surface area contributed by atoms with Crippen LogP contribution in [0.15, 0.2) is 18.3 Å². The smallest absolute Gasteiger partial charge is 0.252 e. The lowest BCUT2D eigenvalue weighted by Gasteiger charge is -2.10. The number of anilines is 1. The molecule has 0 spiro atoms. The van der Waals surface area contributed by atoms with Crippen molar-refractivity contribution >= 4 is 40.7 Å². The molecule has 0 bridgehead atoms. The number of aromatic nitrogens is 3. The molecule has 0 N–H and O–H groups in total. The van der Waals surface area contributed by atoms with Crippen LogP contribution in [0.1, 0.15) is 6.42 Å². The Morgan fingerprint density at radius 1 is 1.50 bits per heavy atom. The Hall–Kier alpha value is -1.33. The van der Waals surface area contributed by atoms with Crippen LogP contribution in [0.5, 0.6) is 0 Å². The zero-order valence-corrected chi connectivity index (χ0v) is 10.9. The van der Waals surface area contributed by atoms with Crippen molar-refractivity contribution < 1.29 is 4.79 Å². The second-order valence-electron chi connectivity index (χ2n) is 4.26. The number of hydrogen-bond acceptors (Lipinski definition) is 3. The number of pyridine rings is 1. The lowest BCUT2D eigenvalue weighted by molar-refractivity contribution is -0.117. The number of alkyl halides is 1. The highest BCUT2D eigenvalue weighted by molar-refractivity contribution is 6.33.